The molecule has 0 unspecified atom stereocenters. The third-order valence-electron chi connectivity index (χ3n) is 3.72. The van der Waals surface area contributed by atoms with Crippen molar-refractivity contribution in [3.05, 3.63) is 28.8 Å². The highest BCUT2D eigenvalue weighted by Crippen LogP contribution is 2.29. The van der Waals surface area contributed by atoms with Gasteiger partial charge in [0.2, 0.25) is 0 Å². The molecule has 1 aliphatic heterocycles. The van der Waals surface area contributed by atoms with Gasteiger partial charge in [0.05, 0.1) is 10.7 Å². The van der Waals surface area contributed by atoms with Gasteiger partial charge < -0.3 is 9.80 Å². The maximum atomic E-state index is 10.7. The van der Waals surface area contributed by atoms with Gasteiger partial charge in [-0.3, -0.25) is 4.79 Å². The van der Waals surface area contributed by atoms with Gasteiger partial charge in [-0.05, 0) is 51.2 Å². The van der Waals surface area contributed by atoms with E-state index in [0.29, 0.717) is 16.6 Å². The number of nitrogens with zero attached hydrogens (tertiary/aromatic N) is 2. The minimum Gasteiger partial charge on any atom is -0.370 e. The highest BCUT2D eigenvalue weighted by Gasteiger charge is 2.22. The number of hydrogen-bond donors (Lipinski definition) is 0. The van der Waals surface area contributed by atoms with Crippen molar-refractivity contribution < 1.29 is 4.79 Å². The van der Waals surface area contributed by atoms with E-state index in [4.69, 9.17) is 11.6 Å². The molecule has 2 rings (SSSR count). The number of hydrogen-bond acceptors (Lipinski definition) is 3. The molecule has 0 saturated carbocycles. The Balaban J connectivity index is 2.13. The lowest BCUT2D eigenvalue weighted by atomic mass is 10.0. The van der Waals surface area contributed by atoms with E-state index in [-0.39, 0.29) is 0 Å². The van der Waals surface area contributed by atoms with Crippen molar-refractivity contribution in [3.8, 4) is 0 Å². The van der Waals surface area contributed by atoms with Crippen LogP contribution in [0.3, 0.4) is 0 Å². The maximum Gasteiger partial charge on any atom is 0.150 e. The molecular formula is C14H19ClN2O. The van der Waals surface area contributed by atoms with Gasteiger partial charge in [-0.2, -0.15) is 0 Å². The molecule has 1 aliphatic rings. The first-order valence-electron chi connectivity index (χ1n) is 6.28. The zero-order valence-corrected chi connectivity index (χ0v) is 11.7. The molecular weight excluding hydrogens is 248 g/mol. The van der Waals surface area contributed by atoms with Gasteiger partial charge >= 0.3 is 0 Å². The van der Waals surface area contributed by atoms with Crippen molar-refractivity contribution in [1.82, 2.24) is 4.90 Å². The molecule has 0 spiro atoms. The number of aldehydes is 1. The Morgan fingerprint density at radius 1 is 1.39 bits per heavy atom. The summed E-state index contributed by atoms with van der Waals surface area (Å²) in [5.41, 5.74) is 1.64. The highest BCUT2D eigenvalue weighted by atomic mass is 35.5. The molecule has 0 aliphatic carbocycles. The minimum absolute atomic E-state index is 0.529. The SMILES string of the molecule is CN1CCC(N(C)c2ccc(C=O)cc2Cl)CC1. The van der Waals surface area contributed by atoms with Crippen LogP contribution in [0.1, 0.15) is 23.2 Å². The summed E-state index contributed by atoms with van der Waals surface area (Å²) in [5.74, 6) is 0. The number of halogens is 1. The van der Waals surface area contributed by atoms with E-state index in [1.807, 2.05) is 12.1 Å². The summed E-state index contributed by atoms with van der Waals surface area (Å²) >= 11 is 6.24. The van der Waals surface area contributed by atoms with E-state index >= 15 is 0 Å². The lowest BCUT2D eigenvalue weighted by molar-refractivity contribution is 0.112. The minimum atomic E-state index is 0.529. The molecule has 0 N–H and O–H groups in total. The third kappa shape index (κ3) is 2.85. The first-order valence-corrected chi connectivity index (χ1v) is 6.65. The lowest BCUT2D eigenvalue weighted by Crippen LogP contribution is -2.42. The number of likely N-dealkylation sites (tertiary alicyclic amines) is 1. The van der Waals surface area contributed by atoms with Crippen LogP contribution in [0, 0.1) is 0 Å². The molecule has 18 heavy (non-hydrogen) atoms. The molecule has 98 valence electrons. The van der Waals surface area contributed by atoms with E-state index < -0.39 is 0 Å². The van der Waals surface area contributed by atoms with Crippen LogP contribution in [-0.2, 0) is 0 Å². The van der Waals surface area contributed by atoms with Gasteiger partial charge in [0.15, 0.2) is 0 Å². The molecule has 1 heterocycles. The number of benzene rings is 1. The second kappa shape index (κ2) is 5.72. The summed E-state index contributed by atoms with van der Waals surface area (Å²) in [7, 11) is 4.24. The van der Waals surface area contributed by atoms with Gasteiger partial charge in [-0.15, -0.1) is 0 Å². The Morgan fingerprint density at radius 3 is 2.61 bits per heavy atom. The third-order valence-corrected chi connectivity index (χ3v) is 4.03. The van der Waals surface area contributed by atoms with Gasteiger partial charge in [0, 0.05) is 18.7 Å². The van der Waals surface area contributed by atoms with E-state index in [1.165, 1.54) is 0 Å². The van der Waals surface area contributed by atoms with Gasteiger partial charge in [0.1, 0.15) is 6.29 Å². The van der Waals surface area contributed by atoms with Gasteiger partial charge in [-0.25, -0.2) is 0 Å². The molecule has 4 heteroatoms. The number of carbonyl (C=O) groups is 1. The number of anilines is 1. The number of carbonyl (C=O) groups excluding carboxylic acids is 1. The van der Waals surface area contributed by atoms with Gasteiger partial charge in [-0.1, -0.05) is 11.6 Å². The zero-order valence-electron chi connectivity index (χ0n) is 10.9. The van der Waals surface area contributed by atoms with Crippen LogP contribution < -0.4 is 4.90 Å². The first-order chi connectivity index (χ1) is 8.61. The molecule has 1 fully saturated rings. The molecule has 1 aromatic carbocycles. The number of rotatable bonds is 3. The topological polar surface area (TPSA) is 23.6 Å². The van der Waals surface area contributed by atoms with Crippen molar-refractivity contribution in [1.29, 1.82) is 0 Å². The van der Waals surface area contributed by atoms with Crippen molar-refractivity contribution in [2.45, 2.75) is 18.9 Å². The summed E-state index contributed by atoms with van der Waals surface area (Å²) in [5, 5.41) is 0.654. The smallest absolute Gasteiger partial charge is 0.150 e. The Kier molecular flexibility index (Phi) is 4.25. The molecule has 1 saturated heterocycles. The predicted molar refractivity (Wildman–Crippen MR) is 75.8 cm³/mol. The van der Waals surface area contributed by atoms with Crippen LogP contribution in [0.4, 0.5) is 5.69 Å². The summed E-state index contributed by atoms with van der Waals surface area (Å²) in [6.45, 7) is 2.25. The summed E-state index contributed by atoms with van der Waals surface area (Å²) in [6.07, 6.45) is 3.13. The van der Waals surface area contributed by atoms with Crippen LogP contribution in [0.5, 0.6) is 0 Å². The van der Waals surface area contributed by atoms with Crippen LogP contribution in [0.2, 0.25) is 5.02 Å². The predicted octanol–water partition coefficient (Wildman–Crippen LogP) is 2.68. The Labute approximate surface area is 113 Å². The highest BCUT2D eigenvalue weighted by molar-refractivity contribution is 6.33. The average molecular weight is 267 g/mol. The van der Waals surface area contributed by atoms with Crippen LogP contribution in [0.25, 0.3) is 0 Å². The Morgan fingerprint density at radius 2 is 2.06 bits per heavy atom. The van der Waals surface area contributed by atoms with Crippen LogP contribution in [-0.4, -0.2) is 44.4 Å². The number of piperidine rings is 1. The fraction of sp³-hybridized carbons (Fsp3) is 0.500. The quantitative estimate of drug-likeness (QED) is 0.786. The Bertz CT molecular complexity index is 428. The lowest BCUT2D eigenvalue weighted by Gasteiger charge is -2.36. The molecule has 0 aromatic heterocycles. The van der Waals surface area contributed by atoms with Crippen LogP contribution >= 0.6 is 11.6 Å². The summed E-state index contributed by atoms with van der Waals surface area (Å²) < 4.78 is 0. The average Bonchev–Trinajstić information content (AvgIpc) is 2.38. The standard InChI is InChI=1S/C14H19ClN2O/c1-16-7-5-12(6-8-16)17(2)14-4-3-11(10-18)9-13(14)15/h3-4,9-10,12H,5-8H2,1-2H3. The van der Waals surface area contributed by atoms with E-state index in [2.05, 4.69) is 23.9 Å². The second-order valence-corrected chi connectivity index (χ2v) is 5.38. The zero-order chi connectivity index (χ0) is 13.1. The Hall–Kier alpha value is -1.06. The summed E-state index contributed by atoms with van der Waals surface area (Å²) in [4.78, 5) is 15.3. The first kappa shape index (κ1) is 13.4. The van der Waals surface area contributed by atoms with E-state index in [1.54, 1.807) is 6.07 Å². The fourth-order valence-corrected chi connectivity index (χ4v) is 2.78. The molecule has 0 atom stereocenters. The monoisotopic (exact) mass is 266 g/mol. The molecule has 0 radical (unpaired) electrons. The molecule has 0 bridgehead atoms. The van der Waals surface area contributed by atoms with Crippen molar-refractivity contribution in [3.63, 3.8) is 0 Å². The van der Waals surface area contributed by atoms with Crippen LogP contribution in [0.15, 0.2) is 18.2 Å². The van der Waals surface area contributed by atoms with Gasteiger partial charge in [0.25, 0.3) is 0 Å². The molecule has 3 nitrogen and oxygen atoms in total. The van der Waals surface area contributed by atoms with E-state index in [0.717, 1.165) is 37.9 Å². The van der Waals surface area contributed by atoms with E-state index in [9.17, 15) is 4.79 Å². The largest absolute Gasteiger partial charge is 0.370 e. The van der Waals surface area contributed by atoms with Crippen molar-refractivity contribution >= 4 is 23.6 Å². The summed E-state index contributed by atoms with van der Waals surface area (Å²) in [6, 6.07) is 6.01. The fourth-order valence-electron chi connectivity index (χ4n) is 2.46. The maximum absolute atomic E-state index is 10.7. The molecule has 0 amide bonds. The normalized spacial score (nSPS) is 17.7. The molecule has 1 aromatic rings. The second-order valence-electron chi connectivity index (χ2n) is 4.97. The van der Waals surface area contributed by atoms with Crippen molar-refractivity contribution in [2.75, 3.05) is 32.1 Å². The van der Waals surface area contributed by atoms with Crippen molar-refractivity contribution in [2.24, 2.45) is 0 Å².